The number of aromatic carboxylic acids is 1. The zero-order valence-corrected chi connectivity index (χ0v) is 11.2. The number of aryl methyl sites for hydroxylation is 1. The second-order valence-electron chi connectivity index (χ2n) is 3.72. The Labute approximate surface area is 113 Å². The lowest BCUT2D eigenvalue weighted by molar-refractivity contribution is 0.0697. The van der Waals surface area contributed by atoms with Crippen molar-refractivity contribution < 1.29 is 9.90 Å². The fraction of sp³-hybridized carbons (Fsp3) is 0.167. The fourth-order valence-electron chi connectivity index (χ4n) is 1.56. The van der Waals surface area contributed by atoms with E-state index in [9.17, 15) is 4.79 Å². The van der Waals surface area contributed by atoms with Gasteiger partial charge in [0.25, 0.3) is 0 Å². The van der Waals surface area contributed by atoms with Gasteiger partial charge in [0.2, 0.25) is 0 Å². The van der Waals surface area contributed by atoms with Crippen LogP contribution in [0.5, 0.6) is 0 Å². The maximum Gasteiger partial charge on any atom is 0.340 e. The van der Waals surface area contributed by atoms with E-state index in [2.05, 4.69) is 9.69 Å². The summed E-state index contributed by atoms with van der Waals surface area (Å²) in [7, 11) is 0. The van der Waals surface area contributed by atoms with Crippen LogP contribution in [0.2, 0.25) is 5.02 Å². The summed E-state index contributed by atoms with van der Waals surface area (Å²) in [6, 6.07) is 7.43. The Morgan fingerprint density at radius 2 is 2.22 bits per heavy atom. The third kappa shape index (κ3) is 2.63. The van der Waals surface area contributed by atoms with Crippen molar-refractivity contribution in [3.05, 3.63) is 46.1 Å². The molecular formula is C12H11ClN2O2S. The molecule has 0 radical (unpaired) electrons. The molecule has 2 rings (SSSR count). The van der Waals surface area contributed by atoms with Gasteiger partial charge < -0.3 is 10.4 Å². The standard InChI is InChI=1S/C12H11ClN2O2S/c1-7-10(12(16)17)11(18-15-7)14-6-8-4-2-3-5-9(8)13/h2-5,14H,6H2,1H3,(H,16,17). The van der Waals surface area contributed by atoms with E-state index in [1.54, 1.807) is 13.0 Å². The van der Waals surface area contributed by atoms with Crippen LogP contribution in [0.15, 0.2) is 24.3 Å². The molecule has 0 aliphatic carbocycles. The first kappa shape index (κ1) is 12.9. The Kier molecular flexibility index (Phi) is 3.84. The highest BCUT2D eigenvalue weighted by Gasteiger charge is 2.17. The third-order valence-corrected chi connectivity index (χ3v) is 3.74. The average Bonchev–Trinajstić information content (AvgIpc) is 2.69. The number of halogens is 1. The minimum absolute atomic E-state index is 0.229. The van der Waals surface area contributed by atoms with Gasteiger partial charge in [-0.3, -0.25) is 0 Å². The highest BCUT2D eigenvalue weighted by molar-refractivity contribution is 7.10. The van der Waals surface area contributed by atoms with Gasteiger partial charge in [0.15, 0.2) is 0 Å². The summed E-state index contributed by atoms with van der Waals surface area (Å²) in [6.45, 7) is 2.15. The van der Waals surface area contributed by atoms with E-state index in [0.29, 0.717) is 22.3 Å². The number of carboxylic acid groups (broad SMARTS) is 1. The maximum atomic E-state index is 11.1. The monoisotopic (exact) mass is 282 g/mol. The second-order valence-corrected chi connectivity index (χ2v) is 4.90. The number of rotatable bonds is 4. The summed E-state index contributed by atoms with van der Waals surface area (Å²) in [5, 5.41) is 13.4. The van der Waals surface area contributed by atoms with Crippen LogP contribution in [0.1, 0.15) is 21.6 Å². The van der Waals surface area contributed by atoms with Crippen LogP contribution in [-0.2, 0) is 6.54 Å². The van der Waals surface area contributed by atoms with E-state index < -0.39 is 5.97 Å². The van der Waals surface area contributed by atoms with Gasteiger partial charge in [-0.05, 0) is 30.1 Å². The molecule has 2 N–H and O–H groups in total. The van der Waals surface area contributed by atoms with Crippen LogP contribution in [0, 0.1) is 6.92 Å². The molecule has 18 heavy (non-hydrogen) atoms. The third-order valence-electron chi connectivity index (χ3n) is 2.47. The van der Waals surface area contributed by atoms with E-state index in [0.717, 1.165) is 17.1 Å². The molecule has 94 valence electrons. The number of nitrogens with zero attached hydrogens (tertiary/aromatic N) is 1. The number of aromatic nitrogens is 1. The lowest BCUT2D eigenvalue weighted by atomic mass is 10.2. The van der Waals surface area contributed by atoms with Crippen LogP contribution in [0.4, 0.5) is 5.00 Å². The Bertz CT molecular complexity index is 583. The Hall–Kier alpha value is -1.59. The molecule has 0 aliphatic heterocycles. The molecule has 4 nitrogen and oxygen atoms in total. The van der Waals surface area contributed by atoms with Crippen LogP contribution < -0.4 is 5.32 Å². The molecule has 2 aromatic rings. The minimum Gasteiger partial charge on any atom is -0.478 e. The van der Waals surface area contributed by atoms with Crippen molar-refractivity contribution in [3.8, 4) is 0 Å². The summed E-state index contributed by atoms with van der Waals surface area (Å²) in [5.41, 5.74) is 1.67. The average molecular weight is 283 g/mol. The number of carbonyl (C=O) groups is 1. The molecule has 0 bridgehead atoms. The number of anilines is 1. The molecule has 0 amide bonds. The molecule has 0 fully saturated rings. The van der Waals surface area contributed by atoms with E-state index in [4.69, 9.17) is 16.7 Å². The predicted octanol–water partition coefficient (Wildman–Crippen LogP) is 3.42. The normalized spacial score (nSPS) is 10.3. The molecule has 1 heterocycles. The second kappa shape index (κ2) is 5.37. The zero-order chi connectivity index (χ0) is 13.1. The van der Waals surface area contributed by atoms with Crippen molar-refractivity contribution in [2.24, 2.45) is 0 Å². The molecule has 0 saturated carbocycles. The SMILES string of the molecule is Cc1nsc(NCc2ccccc2Cl)c1C(=O)O. The molecule has 0 saturated heterocycles. The smallest absolute Gasteiger partial charge is 0.340 e. The first-order valence-electron chi connectivity index (χ1n) is 5.26. The molecule has 1 aromatic carbocycles. The summed E-state index contributed by atoms with van der Waals surface area (Å²) in [6.07, 6.45) is 0. The van der Waals surface area contributed by atoms with Crippen molar-refractivity contribution in [2.45, 2.75) is 13.5 Å². The number of nitrogens with one attached hydrogen (secondary N) is 1. The van der Waals surface area contributed by atoms with Gasteiger partial charge >= 0.3 is 5.97 Å². The van der Waals surface area contributed by atoms with Crippen molar-refractivity contribution >= 4 is 34.1 Å². The largest absolute Gasteiger partial charge is 0.478 e. The molecule has 1 aromatic heterocycles. The number of carboxylic acids is 1. The van der Waals surface area contributed by atoms with Crippen molar-refractivity contribution in [1.29, 1.82) is 0 Å². The van der Waals surface area contributed by atoms with Gasteiger partial charge in [-0.15, -0.1) is 0 Å². The topological polar surface area (TPSA) is 62.2 Å². The number of benzene rings is 1. The van der Waals surface area contributed by atoms with E-state index >= 15 is 0 Å². The first-order valence-corrected chi connectivity index (χ1v) is 6.41. The summed E-state index contributed by atoms with van der Waals surface area (Å²) in [5.74, 6) is -0.970. The zero-order valence-electron chi connectivity index (χ0n) is 9.61. The van der Waals surface area contributed by atoms with Crippen molar-refractivity contribution in [2.75, 3.05) is 5.32 Å². The lowest BCUT2D eigenvalue weighted by Gasteiger charge is -2.06. The lowest BCUT2D eigenvalue weighted by Crippen LogP contribution is -2.05. The Balaban J connectivity index is 2.16. The summed E-state index contributed by atoms with van der Waals surface area (Å²) >= 11 is 7.17. The van der Waals surface area contributed by atoms with E-state index in [1.807, 2.05) is 18.2 Å². The van der Waals surface area contributed by atoms with Gasteiger partial charge in [-0.25, -0.2) is 4.79 Å². The van der Waals surface area contributed by atoms with Crippen LogP contribution in [0.25, 0.3) is 0 Å². The molecule has 0 atom stereocenters. The Morgan fingerprint density at radius 3 is 2.89 bits per heavy atom. The van der Waals surface area contributed by atoms with Gasteiger partial charge in [-0.2, -0.15) is 4.37 Å². The summed E-state index contributed by atoms with van der Waals surface area (Å²) < 4.78 is 4.04. The van der Waals surface area contributed by atoms with E-state index in [1.165, 1.54) is 0 Å². The van der Waals surface area contributed by atoms with Gasteiger partial charge in [0.05, 0.1) is 5.69 Å². The molecule has 0 aliphatic rings. The minimum atomic E-state index is -0.970. The summed E-state index contributed by atoms with van der Waals surface area (Å²) in [4.78, 5) is 11.1. The van der Waals surface area contributed by atoms with Crippen LogP contribution in [-0.4, -0.2) is 15.4 Å². The molecule has 0 unspecified atom stereocenters. The van der Waals surface area contributed by atoms with Crippen LogP contribution in [0.3, 0.4) is 0 Å². The number of hydrogen-bond donors (Lipinski definition) is 2. The van der Waals surface area contributed by atoms with Gasteiger partial charge in [0, 0.05) is 11.6 Å². The number of hydrogen-bond acceptors (Lipinski definition) is 4. The van der Waals surface area contributed by atoms with Gasteiger partial charge in [0.1, 0.15) is 10.6 Å². The van der Waals surface area contributed by atoms with Crippen molar-refractivity contribution in [3.63, 3.8) is 0 Å². The molecule has 0 spiro atoms. The molecular weight excluding hydrogens is 272 g/mol. The fourth-order valence-corrected chi connectivity index (χ4v) is 2.54. The molecule has 6 heteroatoms. The maximum absolute atomic E-state index is 11.1. The highest BCUT2D eigenvalue weighted by atomic mass is 35.5. The first-order chi connectivity index (χ1) is 8.59. The van der Waals surface area contributed by atoms with Crippen LogP contribution >= 0.6 is 23.1 Å². The Morgan fingerprint density at radius 1 is 1.50 bits per heavy atom. The van der Waals surface area contributed by atoms with Gasteiger partial charge in [-0.1, -0.05) is 29.8 Å². The van der Waals surface area contributed by atoms with E-state index in [-0.39, 0.29) is 5.56 Å². The highest BCUT2D eigenvalue weighted by Crippen LogP contribution is 2.25. The quantitative estimate of drug-likeness (QED) is 0.902. The van der Waals surface area contributed by atoms with Crippen molar-refractivity contribution in [1.82, 2.24) is 4.37 Å². The predicted molar refractivity (Wildman–Crippen MR) is 72.6 cm³/mol.